The van der Waals surface area contributed by atoms with Crippen LogP contribution in [0.4, 0.5) is 11.6 Å². The molecule has 5 nitrogen and oxygen atoms in total. The highest BCUT2D eigenvalue weighted by atomic mass is 16.5. The summed E-state index contributed by atoms with van der Waals surface area (Å²) in [7, 11) is 5.52. The SMILES string of the molecule is CNc1cc(N(C)Cc2ccc(C)cc2)nc(COC)n1. The number of rotatable bonds is 6. The number of ether oxygens (including phenoxy) is 1. The minimum Gasteiger partial charge on any atom is -0.377 e. The van der Waals surface area contributed by atoms with Crippen molar-refractivity contribution in [3.05, 3.63) is 47.3 Å². The average Bonchev–Trinajstić information content (AvgIpc) is 2.49. The van der Waals surface area contributed by atoms with E-state index in [2.05, 4.69) is 51.4 Å². The molecule has 1 aromatic carbocycles. The standard InChI is InChI=1S/C16H22N4O/c1-12-5-7-13(8-6-12)10-20(3)16-9-14(17-2)18-15(19-16)11-21-4/h5-9H,10-11H2,1-4H3,(H,17,18,19). The summed E-state index contributed by atoms with van der Waals surface area (Å²) in [4.78, 5) is 11.0. The number of anilines is 2. The Hall–Kier alpha value is -2.14. The number of aromatic nitrogens is 2. The van der Waals surface area contributed by atoms with Crippen molar-refractivity contribution >= 4 is 11.6 Å². The van der Waals surface area contributed by atoms with Gasteiger partial charge in [-0.25, -0.2) is 9.97 Å². The Morgan fingerprint density at radius 2 is 1.90 bits per heavy atom. The van der Waals surface area contributed by atoms with E-state index in [1.165, 1.54) is 11.1 Å². The quantitative estimate of drug-likeness (QED) is 0.884. The van der Waals surface area contributed by atoms with Crippen LogP contribution in [0.3, 0.4) is 0 Å². The molecule has 0 amide bonds. The third-order valence-electron chi connectivity index (χ3n) is 3.22. The van der Waals surface area contributed by atoms with E-state index in [0.29, 0.717) is 12.4 Å². The molecule has 0 aliphatic carbocycles. The van der Waals surface area contributed by atoms with Crippen LogP contribution in [0, 0.1) is 6.92 Å². The van der Waals surface area contributed by atoms with Gasteiger partial charge in [0.15, 0.2) is 5.82 Å². The van der Waals surface area contributed by atoms with Crippen molar-refractivity contribution in [2.24, 2.45) is 0 Å². The Morgan fingerprint density at radius 3 is 2.52 bits per heavy atom. The molecule has 0 fully saturated rings. The predicted octanol–water partition coefficient (Wildman–Crippen LogP) is 2.61. The Balaban J connectivity index is 2.19. The summed E-state index contributed by atoms with van der Waals surface area (Å²) in [6.07, 6.45) is 0. The molecule has 2 rings (SSSR count). The second-order valence-electron chi connectivity index (χ2n) is 5.05. The molecule has 0 saturated carbocycles. The third kappa shape index (κ3) is 4.16. The lowest BCUT2D eigenvalue weighted by Gasteiger charge is -2.19. The molecule has 2 aromatic rings. The molecule has 21 heavy (non-hydrogen) atoms. The van der Waals surface area contributed by atoms with Crippen LogP contribution in [0.5, 0.6) is 0 Å². The highest BCUT2D eigenvalue weighted by molar-refractivity contribution is 5.49. The first-order valence-electron chi connectivity index (χ1n) is 6.93. The summed E-state index contributed by atoms with van der Waals surface area (Å²) in [6, 6.07) is 10.5. The van der Waals surface area contributed by atoms with Gasteiger partial charge in [-0.05, 0) is 12.5 Å². The molecular formula is C16H22N4O. The maximum atomic E-state index is 5.12. The summed E-state index contributed by atoms with van der Waals surface area (Å²) in [6.45, 7) is 3.29. The smallest absolute Gasteiger partial charge is 0.158 e. The van der Waals surface area contributed by atoms with Gasteiger partial charge in [-0.15, -0.1) is 0 Å². The molecular weight excluding hydrogens is 264 g/mol. The minimum absolute atomic E-state index is 0.404. The van der Waals surface area contributed by atoms with Crippen LogP contribution in [-0.4, -0.2) is 31.2 Å². The van der Waals surface area contributed by atoms with Crippen molar-refractivity contribution in [1.82, 2.24) is 9.97 Å². The van der Waals surface area contributed by atoms with Gasteiger partial charge in [-0.1, -0.05) is 29.8 Å². The Labute approximate surface area is 126 Å². The third-order valence-corrected chi connectivity index (χ3v) is 3.22. The summed E-state index contributed by atoms with van der Waals surface area (Å²) >= 11 is 0. The lowest BCUT2D eigenvalue weighted by Crippen LogP contribution is -2.19. The Kier molecular flexibility index (Phi) is 5.11. The fourth-order valence-corrected chi connectivity index (χ4v) is 2.05. The molecule has 0 bridgehead atoms. The minimum atomic E-state index is 0.404. The zero-order valence-electron chi connectivity index (χ0n) is 13.1. The summed E-state index contributed by atoms with van der Waals surface area (Å²) in [5.74, 6) is 2.35. The van der Waals surface area contributed by atoms with Crippen LogP contribution in [0.1, 0.15) is 17.0 Å². The first-order valence-corrected chi connectivity index (χ1v) is 6.93. The van der Waals surface area contributed by atoms with Crippen LogP contribution < -0.4 is 10.2 Å². The van der Waals surface area contributed by atoms with Gasteiger partial charge in [0, 0.05) is 33.8 Å². The van der Waals surface area contributed by atoms with Gasteiger partial charge in [0.1, 0.15) is 18.2 Å². The van der Waals surface area contributed by atoms with Crippen LogP contribution >= 0.6 is 0 Å². The number of nitrogens with zero attached hydrogens (tertiary/aromatic N) is 3. The molecule has 112 valence electrons. The van der Waals surface area contributed by atoms with E-state index in [9.17, 15) is 0 Å². The van der Waals surface area contributed by atoms with Gasteiger partial charge in [-0.3, -0.25) is 0 Å². The summed E-state index contributed by atoms with van der Waals surface area (Å²) in [5.41, 5.74) is 2.52. The number of benzene rings is 1. The highest BCUT2D eigenvalue weighted by Crippen LogP contribution is 2.17. The maximum absolute atomic E-state index is 5.12. The van der Waals surface area contributed by atoms with E-state index in [4.69, 9.17) is 4.74 Å². The second kappa shape index (κ2) is 7.04. The average molecular weight is 286 g/mol. The van der Waals surface area contributed by atoms with Crippen LogP contribution in [0.2, 0.25) is 0 Å². The second-order valence-corrected chi connectivity index (χ2v) is 5.05. The largest absolute Gasteiger partial charge is 0.377 e. The van der Waals surface area contributed by atoms with Gasteiger partial charge >= 0.3 is 0 Å². The Bertz CT molecular complexity index is 583. The first kappa shape index (κ1) is 15.3. The number of aryl methyl sites for hydroxylation is 1. The fourth-order valence-electron chi connectivity index (χ4n) is 2.05. The molecule has 1 N–H and O–H groups in total. The van der Waals surface area contributed by atoms with Crippen molar-refractivity contribution < 1.29 is 4.74 Å². The van der Waals surface area contributed by atoms with E-state index in [1.807, 2.05) is 20.2 Å². The lowest BCUT2D eigenvalue weighted by molar-refractivity contribution is 0.178. The molecule has 0 aliphatic rings. The van der Waals surface area contributed by atoms with E-state index in [0.717, 1.165) is 18.2 Å². The van der Waals surface area contributed by atoms with Gasteiger partial charge in [0.05, 0.1) is 0 Å². The highest BCUT2D eigenvalue weighted by Gasteiger charge is 2.08. The van der Waals surface area contributed by atoms with E-state index < -0.39 is 0 Å². The van der Waals surface area contributed by atoms with Crippen LogP contribution in [0.15, 0.2) is 30.3 Å². The van der Waals surface area contributed by atoms with Gasteiger partial charge < -0.3 is 15.0 Å². The topological polar surface area (TPSA) is 50.3 Å². The van der Waals surface area contributed by atoms with Gasteiger partial charge in [0.2, 0.25) is 0 Å². The number of hydrogen-bond acceptors (Lipinski definition) is 5. The number of nitrogens with one attached hydrogen (secondary N) is 1. The monoisotopic (exact) mass is 286 g/mol. The molecule has 1 heterocycles. The summed E-state index contributed by atoms with van der Waals surface area (Å²) < 4.78 is 5.12. The summed E-state index contributed by atoms with van der Waals surface area (Å²) in [5, 5.41) is 3.06. The number of methoxy groups -OCH3 is 1. The van der Waals surface area contributed by atoms with Crippen molar-refractivity contribution in [2.75, 3.05) is 31.4 Å². The lowest BCUT2D eigenvalue weighted by atomic mass is 10.1. The van der Waals surface area contributed by atoms with E-state index in [1.54, 1.807) is 7.11 Å². The molecule has 1 aromatic heterocycles. The van der Waals surface area contributed by atoms with Crippen LogP contribution in [0.25, 0.3) is 0 Å². The molecule has 0 saturated heterocycles. The molecule has 0 atom stereocenters. The van der Waals surface area contributed by atoms with E-state index >= 15 is 0 Å². The molecule has 0 radical (unpaired) electrons. The molecule has 5 heteroatoms. The predicted molar refractivity (Wildman–Crippen MR) is 85.6 cm³/mol. The number of hydrogen-bond donors (Lipinski definition) is 1. The van der Waals surface area contributed by atoms with Crippen molar-refractivity contribution in [1.29, 1.82) is 0 Å². The normalized spacial score (nSPS) is 10.5. The van der Waals surface area contributed by atoms with Gasteiger partial charge in [-0.2, -0.15) is 0 Å². The molecule has 0 unspecified atom stereocenters. The van der Waals surface area contributed by atoms with Crippen molar-refractivity contribution in [3.8, 4) is 0 Å². The molecule has 0 aliphatic heterocycles. The Morgan fingerprint density at radius 1 is 1.19 bits per heavy atom. The fraction of sp³-hybridized carbons (Fsp3) is 0.375. The maximum Gasteiger partial charge on any atom is 0.158 e. The zero-order chi connectivity index (χ0) is 15.2. The van der Waals surface area contributed by atoms with Gasteiger partial charge in [0.25, 0.3) is 0 Å². The first-order chi connectivity index (χ1) is 10.1. The molecule has 0 spiro atoms. The van der Waals surface area contributed by atoms with Crippen molar-refractivity contribution in [3.63, 3.8) is 0 Å². The zero-order valence-corrected chi connectivity index (χ0v) is 13.1. The van der Waals surface area contributed by atoms with E-state index in [-0.39, 0.29) is 0 Å². The van der Waals surface area contributed by atoms with Crippen LogP contribution in [-0.2, 0) is 17.9 Å². The van der Waals surface area contributed by atoms with Crippen molar-refractivity contribution in [2.45, 2.75) is 20.1 Å².